The van der Waals surface area contributed by atoms with Crippen molar-refractivity contribution in [3.8, 4) is 11.5 Å². The van der Waals surface area contributed by atoms with Crippen LogP contribution in [0, 0.1) is 47.3 Å². The van der Waals surface area contributed by atoms with Crippen LogP contribution in [0.2, 0.25) is 0 Å². The molecule has 0 radical (unpaired) electrons. The van der Waals surface area contributed by atoms with Crippen molar-refractivity contribution >= 4 is 28.8 Å². The number of carbonyl (C=O) groups excluding carboxylic acids is 1. The number of benzene rings is 2. The molecule has 2 aromatic carbocycles. The molecular weight excluding hydrogens is 585 g/mol. The molecule has 10 atom stereocenters. The Morgan fingerprint density at radius 1 is 0.795 bits per heavy atom. The lowest BCUT2D eigenvalue weighted by molar-refractivity contribution is 0.0741. The van der Waals surface area contributed by atoms with Gasteiger partial charge in [0.05, 0.1) is 7.11 Å². The summed E-state index contributed by atoms with van der Waals surface area (Å²) in [5.41, 5.74) is 2.25. The number of thioether (sulfide) groups is 2. The monoisotopic (exact) mass is 634 g/mol. The molecule has 0 aromatic heterocycles. The quantitative estimate of drug-likeness (QED) is 0.132. The first-order chi connectivity index (χ1) is 21.4. The Bertz CT molecular complexity index is 1290. The van der Waals surface area contributed by atoms with Crippen LogP contribution in [-0.4, -0.2) is 41.9 Å². The molecule has 7 rings (SSSR count). The standard InChI is InChI=1S/C38H50O4S2/c1-5-15-41-16-6-17-43-28-20-29-30(21-28)32-22-31(29)35-23-18-33(36(32)35)34(19-23)44-37(39)42-27-13-9-25(10-14-27)38(2,3)24-7-11-26(40-4)12-8-24/h7-14,23,28-36H,5-6,15-22H2,1-4H3. The highest BCUT2D eigenvalue weighted by molar-refractivity contribution is 8.13. The fourth-order valence-corrected chi connectivity index (χ4v) is 13.0. The van der Waals surface area contributed by atoms with Gasteiger partial charge in [-0.3, -0.25) is 0 Å². The smallest absolute Gasteiger partial charge is 0.372 e. The molecule has 0 N–H and O–H groups in total. The van der Waals surface area contributed by atoms with Gasteiger partial charge in [0.15, 0.2) is 0 Å². The van der Waals surface area contributed by atoms with Gasteiger partial charge >= 0.3 is 5.30 Å². The maximum atomic E-state index is 13.2. The van der Waals surface area contributed by atoms with E-state index in [2.05, 4.69) is 56.8 Å². The van der Waals surface area contributed by atoms with Crippen LogP contribution in [0.5, 0.6) is 11.5 Å². The molecule has 4 bridgehead atoms. The molecule has 4 nitrogen and oxygen atoms in total. The first kappa shape index (κ1) is 31.0. The largest absolute Gasteiger partial charge is 0.497 e. The Morgan fingerprint density at radius 3 is 2.11 bits per heavy atom. The van der Waals surface area contributed by atoms with Gasteiger partial charge in [0, 0.05) is 29.1 Å². The molecule has 0 amide bonds. The molecule has 0 heterocycles. The predicted octanol–water partition coefficient (Wildman–Crippen LogP) is 9.49. The van der Waals surface area contributed by atoms with E-state index in [1.807, 2.05) is 24.3 Å². The van der Waals surface area contributed by atoms with Crippen molar-refractivity contribution < 1.29 is 19.0 Å². The summed E-state index contributed by atoms with van der Waals surface area (Å²) in [5, 5.41) is 1.18. The zero-order chi connectivity index (χ0) is 30.4. The highest BCUT2D eigenvalue weighted by Gasteiger charge is 2.68. The molecule has 5 fully saturated rings. The number of ether oxygens (including phenoxy) is 3. The van der Waals surface area contributed by atoms with Gasteiger partial charge in [0.2, 0.25) is 0 Å². The molecule has 5 aliphatic carbocycles. The lowest BCUT2D eigenvalue weighted by Gasteiger charge is -2.43. The van der Waals surface area contributed by atoms with Gasteiger partial charge in [0.1, 0.15) is 11.5 Å². The average molecular weight is 635 g/mol. The summed E-state index contributed by atoms with van der Waals surface area (Å²) in [6.45, 7) is 8.46. The first-order valence-electron chi connectivity index (χ1n) is 17.2. The molecule has 238 valence electrons. The van der Waals surface area contributed by atoms with Gasteiger partial charge in [-0.05, 0) is 145 Å². The van der Waals surface area contributed by atoms with E-state index in [0.717, 1.165) is 72.1 Å². The van der Waals surface area contributed by atoms with E-state index in [1.165, 1.54) is 67.2 Å². The van der Waals surface area contributed by atoms with Crippen molar-refractivity contribution in [2.24, 2.45) is 47.3 Å². The normalized spacial score (nSPS) is 34.7. The van der Waals surface area contributed by atoms with E-state index in [0.29, 0.717) is 16.9 Å². The SMILES string of the molecule is CCCOCCCSC1CC2C(C1)C1CC2C2C3CC(SC(=O)Oc4ccc(C(C)(C)c5ccc(OC)cc5)cc4)C(C3)C12. The Kier molecular flexibility index (Phi) is 9.07. The number of fused-ring (bicyclic) bond motifs is 12. The summed E-state index contributed by atoms with van der Waals surface area (Å²) in [7, 11) is 1.69. The van der Waals surface area contributed by atoms with Gasteiger partial charge < -0.3 is 14.2 Å². The summed E-state index contributed by atoms with van der Waals surface area (Å²) in [6, 6.07) is 16.4. The second-order valence-electron chi connectivity index (χ2n) is 14.8. The topological polar surface area (TPSA) is 44.8 Å². The Hall–Kier alpha value is -1.63. The third-order valence-corrected chi connectivity index (χ3v) is 14.8. The van der Waals surface area contributed by atoms with Gasteiger partial charge in [-0.2, -0.15) is 11.8 Å². The average Bonchev–Trinajstić information content (AvgIpc) is 3.84. The second kappa shape index (κ2) is 12.9. The van der Waals surface area contributed by atoms with Gasteiger partial charge in [-0.1, -0.05) is 45.0 Å². The van der Waals surface area contributed by atoms with Crippen molar-refractivity contribution in [1.29, 1.82) is 0 Å². The molecule has 0 aliphatic heterocycles. The Balaban J connectivity index is 0.915. The van der Waals surface area contributed by atoms with Crippen LogP contribution in [0.3, 0.4) is 0 Å². The molecule has 6 heteroatoms. The molecule has 0 spiro atoms. The summed E-state index contributed by atoms with van der Waals surface area (Å²) in [6.07, 6.45) is 9.28. The fourth-order valence-electron chi connectivity index (χ4n) is 10.5. The molecule has 5 saturated carbocycles. The molecule has 5 aliphatic rings. The molecule has 2 aromatic rings. The van der Waals surface area contributed by atoms with Crippen LogP contribution in [0.25, 0.3) is 0 Å². The molecular formula is C38H50O4S2. The molecule has 10 unspecified atom stereocenters. The highest BCUT2D eigenvalue weighted by atomic mass is 32.2. The highest BCUT2D eigenvalue weighted by Crippen LogP contribution is 2.74. The minimum atomic E-state index is -0.163. The van der Waals surface area contributed by atoms with Gasteiger partial charge in [-0.25, -0.2) is 4.79 Å². The number of methoxy groups -OCH3 is 1. The van der Waals surface area contributed by atoms with Crippen LogP contribution >= 0.6 is 23.5 Å². The van der Waals surface area contributed by atoms with Crippen molar-refractivity contribution in [2.75, 3.05) is 26.1 Å². The minimum absolute atomic E-state index is 0.123. The van der Waals surface area contributed by atoms with Gasteiger partial charge in [-0.15, -0.1) is 0 Å². The molecule has 44 heavy (non-hydrogen) atoms. The number of hydrogen-bond acceptors (Lipinski definition) is 6. The summed E-state index contributed by atoms with van der Waals surface area (Å²) in [4.78, 5) is 13.2. The van der Waals surface area contributed by atoms with E-state index in [1.54, 1.807) is 7.11 Å². The van der Waals surface area contributed by atoms with Crippen LogP contribution < -0.4 is 9.47 Å². The van der Waals surface area contributed by atoms with Crippen molar-refractivity contribution in [1.82, 2.24) is 0 Å². The Morgan fingerprint density at radius 2 is 1.45 bits per heavy atom. The second-order valence-corrected chi connectivity index (χ2v) is 17.3. The van der Waals surface area contributed by atoms with Crippen LogP contribution in [0.15, 0.2) is 48.5 Å². The molecule has 0 saturated heterocycles. The maximum Gasteiger partial charge on any atom is 0.372 e. The number of rotatable bonds is 12. The summed E-state index contributed by atoms with van der Waals surface area (Å²) < 4.78 is 16.9. The van der Waals surface area contributed by atoms with E-state index in [-0.39, 0.29) is 10.7 Å². The first-order valence-corrected chi connectivity index (χ1v) is 19.1. The lowest BCUT2D eigenvalue weighted by Crippen LogP contribution is -2.39. The van der Waals surface area contributed by atoms with Crippen molar-refractivity contribution in [2.45, 2.75) is 81.6 Å². The maximum absolute atomic E-state index is 13.2. The number of hydrogen-bond donors (Lipinski definition) is 0. The van der Waals surface area contributed by atoms with E-state index in [9.17, 15) is 4.79 Å². The third kappa shape index (κ3) is 5.74. The fraction of sp³-hybridized carbons (Fsp3) is 0.658. The van der Waals surface area contributed by atoms with Crippen LogP contribution in [0.1, 0.15) is 76.8 Å². The lowest BCUT2D eigenvalue weighted by atomic mass is 9.64. The predicted molar refractivity (Wildman–Crippen MR) is 182 cm³/mol. The van der Waals surface area contributed by atoms with E-state index >= 15 is 0 Å². The van der Waals surface area contributed by atoms with E-state index < -0.39 is 0 Å². The minimum Gasteiger partial charge on any atom is -0.497 e. The number of carbonyl (C=O) groups is 1. The third-order valence-electron chi connectivity index (χ3n) is 12.3. The van der Waals surface area contributed by atoms with Crippen LogP contribution in [0.4, 0.5) is 4.79 Å². The van der Waals surface area contributed by atoms with Crippen molar-refractivity contribution in [3.63, 3.8) is 0 Å². The van der Waals surface area contributed by atoms with Crippen LogP contribution in [-0.2, 0) is 10.2 Å². The summed E-state index contributed by atoms with van der Waals surface area (Å²) >= 11 is 3.75. The summed E-state index contributed by atoms with van der Waals surface area (Å²) in [5.74, 6) is 9.98. The zero-order valence-corrected chi connectivity index (χ0v) is 28.5. The van der Waals surface area contributed by atoms with Gasteiger partial charge in [0.25, 0.3) is 0 Å². The Labute approximate surface area is 273 Å². The zero-order valence-electron chi connectivity index (χ0n) is 26.9. The van der Waals surface area contributed by atoms with E-state index in [4.69, 9.17) is 14.2 Å². The van der Waals surface area contributed by atoms with Crippen molar-refractivity contribution in [3.05, 3.63) is 59.7 Å².